The van der Waals surface area contributed by atoms with Gasteiger partial charge in [-0.2, -0.15) is 0 Å². The van der Waals surface area contributed by atoms with Gasteiger partial charge >= 0.3 is 5.97 Å². The van der Waals surface area contributed by atoms with E-state index in [2.05, 4.69) is 91.6 Å². The second-order valence-electron chi connectivity index (χ2n) is 15.9. The number of rotatable bonds is 4. The highest BCUT2D eigenvalue weighted by Crippen LogP contribution is 2.57. The summed E-state index contributed by atoms with van der Waals surface area (Å²) in [6.07, 6.45) is 13.3. The number of Topliss-reactive ketones (excluding diaryl/α,β-unsaturated/α-hetero) is 1. The van der Waals surface area contributed by atoms with E-state index >= 15 is 0 Å². The molecule has 0 radical (unpaired) electrons. The van der Waals surface area contributed by atoms with Gasteiger partial charge in [-0.25, -0.2) is 4.79 Å². The van der Waals surface area contributed by atoms with Crippen molar-refractivity contribution in [2.45, 2.75) is 93.3 Å². The molecule has 3 atom stereocenters. The molecule has 4 aromatic carbocycles. The predicted molar refractivity (Wildman–Crippen MR) is 203 cm³/mol. The fourth-order valence-corrected chi connectivity index (χ4v) is 11.6. The lowest BCUT2D eigenvalue weighted by atomic mass is 9.67. The second kappa shape index (κ2) is 10.8. The summed E-state index contributed by atoms with van der Waals surface area (Å²) in [6, 6.07) is 28.8. The lowest BCUT2D eigenvalue weighted by molar-refractivity contribution is 0.0696. The van der Waals surface area contributed by atoms with Crippen LogP contribution in [0.3, 0.4) is 0 Å². The largest absolute Gasteiger partial charge is 0.478 e. The van der Waals surface area contributed by atoms with Crippen LogP contribution in [0, 0.1) is 0 Å². The van der Waals surface area contributed by atoms with Gasteiger partial charge in [0.1, 0.15) is 0 Å². The van der Waals surface area contributed by atoms with E-state index in [4.69, 9.17) is 0 Å². The van der Waals surface area contributed by atoms with Crippen LogP contribution in [0.2, 0.25) is 0 Å². The number of thioether (sulfide) groups is 1. The number of hydrogen-bond acceptors (Lipinski definition) is 4. The van der Waals surface area contributed by atoms with Crippen LogP contribution in [0.1, 0.15) is 120 Å². The van der Waals surface area contributed by atoms with Crippen LogP contribution >= 0.6 is 11.8 Å². The van der Waals surface area contributed by atoms with E-state index in [0.717, 1.165) is 43.2 Å². The van der Waals surface area contributed by atoms with Gasteiger partial charge in [-0.1, -0.05) is 88.1 Å². The number of benzene rings is 4. The summed E-state index contributed by atoms with van der Waals surface area (Å²) in [5.41, 5.74) is 13.4. The van der Waals surface area contributed by atoms with Gasteiger partial charge in [0.25, 0.3) is 0 Å². The standard InChI is InChI=1S/C45H41NO3S/c1-44(2)35-11-5-4-9-30(35)33-23-28(15-17-36(33)44)46-39-12-8-10-31(39)34-21-26(14-18-40(34)46)41-25-29(50-41)24-38-42(47)32-16-13-27(43(48)49)22-37(32)45(38)19-6-3-7-20-45/h4-5,9,11,13-18,21-25,29,31,39H,3,6-8,10,12,19-20H2,1-2H3,(H,48,49)/b38-24+. The number of carbonyl (C=O) groups is 2. The maximum Gasteiger partial charge on any atom is 0.335 e. The number of hydrogen-bond donors (Lipinski definition) is 1. The molecule has 0 amide bonds. The first kappa shape index (κ1) is 30.5. The number of carbonyl (C=O) groups excluding carboxylic acids is 1. The molecule has 2 heterocycles. The molecule has 0 aromatic heterocycles. The van der Waals surface area contributed by atoms with Gasteiger partial charge < -0.3 is 10.0 Å². The molecule has 3 unspecified atom stereocenters. The van der Waals surface area contributed by atoms with Gasteiger partial charge in [0.05, 0.1) is 5.56 Å². The van der Waals surface area contributed by atoms with Gasteiger partial charge in [-0.05, 0) is 107 Å². The minimum atomic E-state index is -0.936. The third-order valence-corrected chi connectivity index (χ3v) is 14.2. The Morgan fingerprint density at radius 2 is 1.64 bits per heavy atom. The molecule has 250 valence electrons. The molecule has 6 aliphatic rings. The maximum absolute atomic E-state index is 13.9. The number of nitrogens with zero attached hydrogens (tertiary/aromatic N) is 1. The molecular weight excluding hydrogens is 635 g/mol. The number of fused-ring (bicyclic) bond motifs is 8. The zero-order chi connectivity index (χ0) is 33.9. The number of anilines is 2. The lowest BCUT2D eigenvalue weighted by Crippen LogP contribution is -2.30. The molecule has 4 aliphatic carbocycles. The van der Waals surface area contributed by atoms with Gasteiger partial charge in [-0.15, -0.1) is 11.8 Å². The minimum Gasteiger partial charge on any atom is -0.478 e. The minimum absolute atomic E-state index is 0.00995. The van der Waals surface area contributed by atoms with E-state index in [9.17, 15) is 14.7 Å². The normalized spacial score (nSPS) is 25.5. The summed E-state index contributed by atoms with van der Waals surface area (Å²) in [5.74, 6) is -0.305. The molecule has 4 aromatic rings. The molecular formula is C45H41NO3S. The Labute approximate surface area is 298 Å². The predicted octanol–water partition coefficient (Wildman–Crippen LogP) is 11.0. The van der Waals surface area contributed by atoms with E-state index in [-0.39, 0.29) is 27.4 Å². The first-order valence-corrected chi connectivity index (χ1v) is 19.3. The number of carboxylic acid groups (broad SMARTS) is 1. The van der Waals surface area contributed by atoms with Crippen LogP contribution in [0.4, 0.5) is 11.4 Å². The van der Waals surface area contributed by atoms with E-state index in [0.29, 0.717) is 17.5 Å². The van der Waals surface area contributed by atoms with Crippen LogP contribution in [0.25, 0.3) is 16.0 Å². The van der Waals surface area contributed by atoms with Gasteiger partial charge in [-0.3, -0.25) is 4.79 Å². The molecule has 50 heavy (non-hydrogen) atoms. The highest BCUT2D eigenvalue weighted by molar-refractivity contribution is 8.10. The molecule has 10 rings (SSSR count). The fourth-order valence-electron chi connectivity index (χ4n) is 10.6. The Kier molecular flexibility index (Phi) is 6.60. The van der Waals surface area contributed by atoms with Gasteiger partial charge in [0.2, 0.25) is 0 Å². The van der Waals surface area contributed by atoms with E-state index < -0.39 is 5.97 Å². The molecule has 5 heteroatoms. The summed E-state index contributed by atoms with van der Waals surface area (Å²) in [6.45, 7) is 4.70. The van der Waals surface area contributed by atoms with Crippen LogP contribution in [0.5, 0.6) is 0 Å². The molecule has 2 aliphatic heterocycles. The average Bonchev–Trinajstić information content (AvgIpc) is 3.82. The summed E-state index contributed by atoms with van der Waals surface area (Å²) in [7, 11) is 0. The monoisotopic (exact) mass is 675 g/mol. The molecule has 2 saturated carbocycles. The molecule has 1 N–H and O–H groups in total. The Balaban J connectivity index is 0.968. The maximum atomic E-state index is 13.9. The van der Waals surface area contributed by atoms with Crippen molar-refractivity contribution in [2.75, 3.05) is 4.90 Å². The highest BCUT2D eigenvalue weighted by Gasteiger charge is 2.49. The lowest BCUT2D eigenvalue weighted by Gasteiger charge is -2.36. The summed E-state index contributed by atoms with van der Waals surface area (Å²) >= 11 is 1.85. The van der Waals surface area contributed by atoms with Crippen molar-refractivity contribution in [3.8, 4) is 11.1 Å². The Morgan fingerprint density at radius 3 is 2.46 bits per heavy atom. The SMILES string of the molecule is CC1(C)c2ccccc2-c2cc(N3c4ccc(C5=CC(/C=C6\C(=O)c7ccc(C(=O)O)cc7C67CCCCC7)S5)cc4C4CCCC43)ccc21. The second-order valence-corrected chi connectivity index (χ2v) is 17.1. The third-order valence-electron chi connectivity index (χ3n) is 13.0. The van der Waals surface area contributed by atoms with E-state index in [1.165, 1.54) is 68.9 Å². The van der Waals surface area contributed by atoms with Crippen LogP contribution in [-0.4, -0.2) is 28.2 Å². The number of carboxylic acids is 1. The molecule has 2 fully saturated rings. The van der Waals surface area contributed by atoms with Crippen molar-refractivity contribution in [3.63, 3.8) is 0 Å². The Hall–Kier alpha value is -4.35. The zero-order valence-electron chi connectivity index (χ0n) is 28.7. The van der Waals surface area contributed by atoms with Crippen molar-refractivity contribution in [1.29, 1.82) is 0 Å². The summed E-state index contributed by atoms with van der Waals surface area (Å²) < 4.78 is 0. The number of allylic oxidation sites excluding steroid dienone is 1. The van der Waals surface area contributed by atoms with Crippen LogP contribution in [-0.2, 0) is 10.8 Å². The highest BCUT2D eigenvalue weighted by atomic mass is 32.2. The zero-order valence-corrected chi connectivity index (χ0v) is 29.5. The van der Waals surface area contributed by atoms with Gasteiger partial charge in [0.15, 0.2) is 5.78 Å². The van der Waals surface area contributed by atoms with Crippen molar-refractivity contribution in [2.24, 2.45) is 0 Å². The van der Waals surface area contributed by atoms with Crippen molar-refractivity contribution in [3.05, 3.63) is 136 Å². The topological polar surface area (TPSA) is 57.6 Å². The Bertz CT molecular complexity index is 2220. The van der Waals surface area contributed by atoms with Crippen LogP contribution < -0.4 is 4.90 Å². The summed E-state index contributed by atoms with van der Waals surface area (Å²) in [4.78, 5) is 29.6. The quantitative estimate of drug-likeness (QED) is 0.218. The molecule has 4 nitrogen and oxygen atoms in total. The first-order valence-electron chi connectivity index (χ1n) is 18.5. The summed E-state index contributed by atoms with van der Waals surface area (Å²) in [5, 5.41) is 9.85. The van der Waals surface area contributed by atoms with E-state index in [1.54, 1.807) is 18.2 Å². The fraction of sp³-hybridized carbons (Fsp3) is 0.333. The van der Waals surface area contributed by atoms with Crippen molar-refractivity contribution >= 4 is 39.8 Å². The molecule has 1 spiro atoms. The van der Waals surface area contributed by atoms with Crippen molar-refractivity contribution in [1.82, 2.24) is 0 Å². The van der Waals surface area contributed by atoms with E-state index in [1.807, 2.05) is 11.8 Å². The van der Waals surface area contributed by atoms with Crippen LogP contribution in [0.15, 0.2) is 96.6 Å². The number of aromatic carboxylic acids is 1. The smallest absolute Gasteiger partial charge is 0.335 e. The van der Waals surface area contributed by atoms with Crippen molar-refractivity contribution < 1.29 is 14.7 Å². The van der Waals surface area contributed by atoms with Gasteiger partial charge in [0, 0.05) is 55.5 Å². The third kappa shape index (κ3) is 4.19. The average molecular weight is 676 g/mol. The Morgan fingerprint density at radius 1 is 0.840 bits per heavy atom. The molecule has 0 bridgehead atoms. The first-order chi connectivity index (χ1) is 24.2. The number of ketones is 1. The molecule has 0 saturated heterocycles.